The van der Waals surface area contributed by atoms with Crippen LogP contribution in [0.3, 0.4) is 0 Å². The number of rotatable bonds is 3. The van der Waals surface area contributed by atoms with E-state index in [1.165, 1.54) is 0 Å². The van der Waals surface area contributed by atoms with Crippen molar-refractivity contribution in [3.8, 4) is 0 Å². The average molecular weight is 399 g/mol. The number of thiol groups is 1. The first kappa shape index (κ1) is 17.0. The Morgan fingerprint density at radius 3 is 2.81 bits per heavy atom. The van der Waals surface area contributed by atoms with Crippen molar-refractivity contribution in [2.45, 2.75) is 11.8 Å². The molecule has 0 aliphatic heterocycles. The van der Waals surface area contributed by atoms with Crippen LogP contribution in [0.4, 0.5) is 5.69 Å². The number of hydrogen-bond donors (Lipinski definition) is 2. The predicted molar refractivity (Wildman–Crippen MR) is 66.1 cm³/mol. The topological polar surface area (TPSA) is 38.7 Å². The summed E-state index contributed by atoms with van der Waals surface area (Å²) in [5, 5.41) is 0.539. The monoisotopic (exact) mass is 397 g/mol. The van der Waals surface area contributed by atoms with E-state index in [2.05, 4.69) is 39.7 Å². The van der Waals surface area contributed by atoms with Gasteiger partial charge in [-0.1, -0.05) is 44.3 Å². The van der Waals surface area contributed by atoms with E-state index in [0.29, 0.717) is 20.1 Å². The molecule has 16 heavy (non-hydrogen) atoms. The van der Waals surface area contributed by atoms with Crippen LogP contribution in [0.2, 0.25) is 0 Å². The fourth-order valence-corrected chi connectivity index (χ4v) is 1.65. The SMILES string of the molecule is C/C=C(/Cl)c1n[c-]c(Br)c(S)c1[NH2+]OC.[Y]. The molecule has 0 spiro atoms. The minimum Gasteiger partial charge on any atom is -0.379 e. The zero-order valence-corrected chi connectivity index (χ0v) is 14.9. The van der Waals surface area contributed by atoms with Gasteiger partial charge in [-0.25, -0.2) is 17.5 Å². The summed E-state index contributed by atoms with van der Waals surface area (Å²) in [6.45, 7) is 1.83. The van der Waals surface area contributed by atoms with E-state index in [1.807, 2.05) is 6.92 Å². The minimum atomic E-state index is 0. The van der Waals surface area contributed by atoms with Crippen molar-refractivity contribution in [3.05, 3.63) is 22.4 Å². The normalized spacial score (nSPS) is 11.2. The number of hydrogen-bond acceptors (Lipinski definition) is 3. The molecule has 7 heteroatoms. The summed E-state index contributed by atoms with van der Waals surface area (Å²) in [4.78, 5) is 9.76. The van der Waals surface area contributed by atoms with E-state index in [9.17, 15) is 0 Å². The van der Waals surface area contributed by atoms with Crippen LogP contribution in [0.5, 0.6) is 0 Å². The Kier molecular flexibility index (Phi) is 8.72. The predicted octanol–water partition coefficient (Wildman–Crippen LogP) is 2.29. The van der Waals surface area contributed by atoms with Crippen LogP contribution in [0, 0.1) is 6.20 Å². The van der Waals surface area contributed by atoms with Crippen LogP contribution in [-0.2, 0) is 37.5 Å². The van der Waals surface area contributed by atoms with Gasteiger partial charge in [0.1, 0.15) is 0 Å². The summed E-state index contributed by atoms with van der Waals surface area (Å²) in [7, 11) is 1.56. The van der Waals surface area contributed by atoms with Gasteiger partial charge in [0.15, 0.2) is 0 Å². The maximum Gasteiger partial charge on any atom is 0.0957 e. The maximum atomic E-state index is 6.01. The van der Waals surface area contributed by atoms with Gasteiger partial charge in [-0.2, -0.15) is 5.48 Å². The van der Waals surface area contributed by atoms with Crippen molar-refractivity contribution in [1.82, 2.24) is 4.98 Å². The van der Waals surface area contributed by atoms with Gasteiger partial charge >= 0.3 is 0 Å². The molecule has 0 amide bonds. The van der Waals surface area contributed by atoms with Crippen molar-refractivity contribution in [3.63, 3.8) is 0 Å². The number of nitrogens with two attached hydrogens (primary N) is 1. The third kappa shape index (κ3) is 4.05. The molecule has 0 aliphatic carbocycles. The minimum absolute atomic E-state index is 0. The molecule has 0 unspecified atom stereocenters. The maximum absolute atomic E-state index is 6.01. The Bertz CT molecular complexity index is 403. The number of allylic oxidation sites excluding steroid dienone is 1. The van der Waals surface area contributed by atoms with Gasteiger partial charge in [-0.3, -0.25) is 0 Å². The van der Waals surface area contributed by atoms with Crippen molar-refractivity contribution in [2.75, 3.05) is 7.11 Å². The largest absolute Gasteiger partial charge is 0.379 e. The van der Waals surface area contributed by atoms with Gasteiger partial charge in [-0.05, 0) is 11.8 Å². The Morgan fingerprint density at radius 1 is 1.69 bits per heavy atom. The average Bonchev–Trinajstić information content (AvgIpc) is 2.24. The summed E-state index contributed by atoms with van der Waals surface area (Å²) in [6, 6.07) is 0. The first-order valence-corrected chi connectivity index (χ1v) is 5.72. The molecule has 0 bridgehead atoms. The van der Waals surface area contributed by atoms with Gasteiger partial charge in [0.25, 0.3) is 0 Å². The molecule has 0 atom stereocenters. The van der Waals surface area contributed by atoms with E-state index in [0.717, 1.165) is 5.69 Å². The number of pyridine rings is 1. The summed E-state index contributed by atoms with van der Waals surface area (Å²) < 4.78 is 0.679. The van der Waals surface area contributed by atoms with Gasteiger partial charge in [0, 0.05) is 43.4 Å². The van der Waals surface area contributed by atoms with Crippen LogP contribution in [0.25, 0.3) is 5.03 Å². The standard InChI is InChI=1S/C9H9BrClN2OS.Y/c1-3-6(11)7-8(13-14-2)9(15)5(10)4-12-7;/h3,13H,1-2H3,(H,12,15);/q-1;/p+1/b6-3+;. The zero-order valence-electron chi connectivity index (χ0n) is 8.79. The molecule has 85 valence electrons. The van der Waals surface area contributed by atoms with Crippen LogP contribution in [-0.4, -0.2) is 12.1 Å². The number of aromatic nitrogens is 1. The second-order valence-corrected chi connectivity index (χ2v) is 4.29. The van der Waals surface area contributed by atoms with E-state index >= 15 is 0 Å². The van der Waals surface area contributed by atoms with Gasteiger partial charge in [0.2, 0.25) is 0 Å². The molecule has 1 rings (SSSR count). The second-order valence-electron chi connectivity index (χ2n) is 2.64. The second kappa shape index (κ2) is 8.19. The van der Waals surface area contributed by atoms with Gasteiger partial charge < -0.3 is 4.98 Å². The Morgan fingerprint density at radius 2 is 2.31 bits per heavy atom. The van der Waals surface area contributed by atoms with Crippen LogP contribution < -0.4 is 5.48 Å². The first-order valence-electron chi connectivity index (χ1n) is 4.10. The van der Waals surface area contributed by atoms with Crippen molar-refractivity contribution >= 4 is 50.9 Å². The molecule has 1 aromatic rings. The van der Waals surface area contributed by atoms with Gasteiger partial charge in [0.05, 0.1) is 12.8 Å². The molecule has 0 aliphatic rings. The number of halogens is 2. The van der Waals surface area contributed by atoms with Crippen molar-refractivity contribution < 1.29 is 43.0 Å². The molecule has 0 saturated carbocycles. The van der Waals surface area contributed by atoms with Crippen LogP contribution in [0.15, 0.2) is 15.4 Å². The molecule has 1 aromatic heterocycles. The smallest absolute Gasteiger partial charge is 0.0957 e. The molecule has 0 aromatic carbocycles. The van der Waals surface area contributed by atoms with Crippen molar-refractivity contribution in [2.24, 2.45) is 0 Å². The molecule has 0 saturated heterocycles. The molecule has 0 fully saturated rings. The molecule has 1 heterocycles. The van der Waals surface area contributed by atoms with Crippen LogP contribution in [0.1, 0.15) is 12.6 Å². The first-order chi connectivity index (χ1) is 7.11. The van der Waals surface area contributed by atoms with Crippen LogP contribution >= 0.6 is 40.2 Å². The van der Waals surface area contributed by atoms with Gasteiger partial charge in [-0.15, -0.1) is 0 Å². The summed E-state index contributed by atoms with van der Waals surface area (Å²) in [5.41, 5.74) is 2.89. The Balaban J connectivity index is 0.00000225. The fraction of sp³-hybridized carbons (Fsp3) is 0.222. The quantitative estimate of drug-likeness (QED) is 0.466. The van der Waals surface area contributed by atoms with Crippen molar-refractivity contribution in [1.29, 1.82) is 0 Å². The molecule has 3 nitrogen and oxygen atoms in total. The molecule has 1 radical (unpaired) electrons. The molecule has 2 N–H and O–H groups in total. The summed E-state index contributed by atoms with van der Waals surface area (Å²) in [5.74, 6) is 0. The number of nitrogens with zero attached hydrogens (tertiary/aromatic N) is 1. The van der Waals surface area contributed by atoms with E-state index < -0.39 is 0 Å². The third-order valence-electron chi connectivity index (χ3n) is 1.70. The zero-order chi connectivity index (χ0) is 11.4. The fourth-order valence-electron chi connectivity index (χ4n) is 0.997. The van der Waals surface area contributed by atoms with E-state index in [1.54, 1.807) is 18.7 Å². The Labute approximate surface area is 139 Å². The third-order valence-corrected chi connectivity index (χ3v) is 3.44. The summed E-state index contributed by atoms with van der Waals surface area (Å²) in [6.07, 6.45) is 4.53. The molecular weight excluding hydrogens is 388 g/mol. The number of quaternary nitrogens is 1. The van der Waals surface area contributed by atoms with E-state index in [4.69, 9.17) is 16.4 Å². The van der Waals surface area contributed by atoms with E-state index in [-0.39, 0.29) is 32.7 Å². The summed E-state index contributed by atoms with van der Waals surface area (Å²) >= 11 is 13.6. The Hall–Kier alpha value is 1.03. The molecular formula is C9H10BrClN2OSY.